The van der Waals surface area contributed by atoms with Crippen LogP contribution in [0.15, 0.2) is 219 Å². The largest absolute Gasteiger partial charge is 0.315 e. The van der Waals surface area contributed by atoms with Crippen LogP contribution >= 0.6 is 0 Å². The molecule has 54 heavy (non-hydrogen) atoms. The van der Waals surface area contributed by atoms with Crippen molar-refractivity contribution in [1.82, 2.24) is 4.40 Å². The van der Waals surface area contributed by atoms with Gasteiger partial charge in [-0.3, -0.25) is 0 Å². The molecule has 0 unspecified atom stereocenters. The maximum Gasteiger partial charge on any atom is 0.0547 e. The summed E-state index contributed by atoms with van der Waals surface area (Å²) in [4.78, 5) is 2.35. The Labute approximate surface area is 315 Å². The normalized spacial score (nSPS) is 11.3. The van der Waals surface area contributed by atoms with E-state index in [1.165, 1.54) is 71.7 Å². The Kier molecular flexibility index (Phi) is 7.85. The molecule has 0 saturated carbocycles. The second kappa shape index (κ2) is 13.4. The number of hydrogen-bond acceptors (Lipinski definition) is 1. The van der Waals surface area contributed by atoms with E-state index in [-0.39, 0.29) is 0 Å². The molecule has 2 heteroatoms. The van der Waals surface area contributed by atoms with Crippen molar-refractivity contribution < 1.29 is 0 Å². The summed E-state index contributed by atoms with van der Waals surface area (Å²) in [5, 5.41) is 3.73. The standard InChI is InChI=1S/C52H36N2/c1-4-13-37(14-5-1)39-23-29-45(30-24-39)54(46-31-25-40(26-32-46)38-15-6-2-7-16-38)47-33-27-41(28-34-47)48-21-12-22-49-52(48)51(42-17-8-3-9-18-42)50-35-43-19-10-11-20-44(43)36-53(49)50/h1-36H. The zero-order valence-corrected chi connectivity index (χ0v) is 29.7. The molecule has 2 aromatic heterocycles. The van der Waals surface area contributed by atoms with Gasteiger partial charge in [-0.05, 0) is 98.2 Å². The highest BCUT2D eigenvalue weighted by Gasteiger charge is 2.19. The lowest BCUT2D eigenvalue weighted by molar-refractivity contribution is 1.28. The molecule has 0 spiro atoms. The molecular weight excluding hydrogens is 653 g/mol. The Morgan fingerprint density at radius 3 is 1.30 bits per heavy atom. The van der Waals surface area contributed by atoms with Crippen LogP contribution in [0.3, 0.4) is 0 Å². The summed E-state index contributed by atoms with van der Waals surface area (Å²) >= 11 is 0. The second-order valence-electron chi connectivity index (χ2n) is 13.8. The molecule has 10 aromatic rings. The van der Waals surface area contributed by atoms with Crippen molar-refractivity contribution >= 4 is 44.3 Å². The average molecular weight is 689 g/mol. The van der Waals surface area contributed by atoms with E-state index in [0.29, 0.717) is 0 Å². The van der Waals surface area contributed by atoms with Crippen LogP contribution in [0.5, 0.6) is 0 Å². The molecule has 2 heterocycles. The number of rotatable bonds is 7. The summed E-state index contributed by atoms with van der Waals surface area (Å²) in [6.45, 7) is 0. The third kappa shape index (κ3) is 5.62. The van der Waals surface area contributed by atoms with E-state index >= 15 is 0 Å². The third-order valence-electron chi connectivity index (χ3n) is 10.6. The van der Waals surface area contributed by atoms with E-state index in [0.717, 1.165) is 17.1 Å². The van der Waals surface area contributed by atoms with Gasteiger partial charge in [0.2, 0.25) is 0 Å². The lowest BCUT2D eigenvalue weighted by atomic mass is 9.95. The molecule has 0 fully saturated rings. The van der Waals surface area contributed by atoms with Crippen molar-refractivity contribution in [3.63, 3.8) is 0 Å². The molecule has 0 bridgehead atoms. The molecule has 0 N–H and O–H groups in total. The topological polar surface area (TPSA) is 7.65 Å². The van der Waals surface area contributed by atoms with E-state index in [1.807, 2.05) is 0 Å². The second-order valence-corrected chi connectivity index (χ2v) is 13.8. The van der Waals surface area contributed by atoms with E-state index in [2.05, 4.69) is 228 Å². The maximum atomic E-state index is 2.37. The summed E-state index contributed by atoms with van der Waals surface area (Å²) < 4.78 is 2.37. The first-order valence-electron chi connectivity index (χ1n) is 18.5. The molecule has 0 atom stereocenters. The zero-order valence-electron chi connectivity index (χ0n) is 29.7. The van der Waals surface area contributed by atoms with Crippen LogP contribution in [0.4, 0.5) is 17.1 Å². The molecule has 8 aromatic carbocycles. The fourth-order valence-electron chi connectivity index (χ4n) is 7.95. The fraction of sp³-hybridized carbons (Fsp3) is 0. The van der Waals surface area contributed by atoms with Gasteiger partial charge < -0.3 is 9.30 Å². The third-order valence-corrected chi connectivity index (χ3v) is 10.6. The van der Waals surface area contributed by atoms with Crippen molar-refractivity contribution in [2.75, 3.05) is 4.90 Å². The van der Waals surface area contributed by atoms with Crippen LogP contribution < -0.4 is 4.90 Å². The minimum absolute atomic E-state index is 1.10. The summed E-state index contributed by atoms with van der Waals surface area (Å²) in [5.41, 5.74) is 15.4. The highest BCUT2D eigenvalue weighted by Crippen LogP contribution is 2.43. The number of hydrogen-bond donors (Lipinski definition) is 0. The summed E-state index contributed by atoms with van der Waals surface area (Å²) in [5.74, 6) is 0. The first-order valence-corrected chi connectivity index (χ1v) is 18.5. The molecule has 254 valence electrons. The Hall–Kier alpha value is -7.16. The Morgan fingerprint density at radius 2 is 0.759 bits per heavy atom. The van der Waals surface area contributed by atoms with Crippen molar-refractivity contribution in [2.45, 2.75) is 0 Å². The summed E-state index contributed by atoms with van der Waals surface area (Å²) in [6, 6.07) is 76.5. The molecule has 0 aliphatic heterocycles. The van der Waals surface area contributed by atoms with Gasteiger partial charge in [-0.25, -0.2) is 0 Å². The zero-order chi connectivity index (χ0) is 35.8. The Bertz CT molecular complexity index is 2790. The molecular formula is C52H36N2. The number of anilines is 3. The van der Waals surface area contributed by atoms with Crippen LogP contribution in [-0.4, -0.2) is 4.40 Å². The molecule has 0 aliphatic rings. The SMILES string of the molecule is c1ccc(-c2ccc(N(c3ccc(-c4ccccc4)cc3)c3ccc(-c4cccc5c4c(-c4ccccc4)c4cc6ccccc6cn45)cc3)cc2)cc1. The summed E-state index contributed by atoms with van der Waals surface area (Å²) in [7, 11) is 0. The van der Waals surface area contributed by atoms with E-state index in [4.69, 9.17) is 0 Å². The van der Waals surface area contributed by atoms with Gasteiger partial charge in [0, 0.05) is 34.2 Å². The molecule has 2 nitrogen and oxygen atoms in total. The van der Waals surface area contributed by atoms with Crippen LogP contribution in [0.1, 0.15) is 0 Å². The van der Waals surface area contributed by atoms with Gasteiger partial charge in [0.25, 0.3) is 0 Å². The van der Waals surface area contributed by atoms with Gasteiger partial charge in [0.15, 0.2) is 0 Å². The minimum Gasteiger partial charge on any atom is -0.315 e. The van der Waals surface area contributed by atoms with Crippen LogP contribution in [-0.2, 0) is 0 Å². The van der Waals surface area contributed by atoms with Crippen molar-refractivity contribution in [3.05, 3.63) is 219 Å². The van der Waals surface area contributed by atoms with Gasteiger partial charge in [-0.2, -0.15) is 0 Å². The van der Waals surface area contributed by atoms with Crippen LogP contribution in [0.2, 0.25) is 0 Å². The lowest BCUT2D eigenvalue weighted by Crippen LogP contribution is -2.09. The lowest BCUT2D eigenvalue weighted by Gasteiger charge is -2.26. The fourth-order valence-corrected chi connectivity index (χ4v) is 7.95. The molecule has 0 radical (unpaired) electrons. The quantitative estimate of drug-likeness (QED) is 0.162. The molecule has 0 amide bonds. The first-order chi connectivity index (χ1) is 26.8. The van der Waals surface area contributed by atoms with Gasteiger partial charge >= 0.3 is 0 Å². The monoisotopic (exact) mass is 688 g/mol. The van der Waals surface area contributed by atoms with Gasteiger partial charge in [0.05, 0.1) is 11.0 Å². The average Bonchev–Trinajstić information content (AvgIpc) is 3.58. The number of fused-ring (bicyclic) bond motifs is 4. The van der Waals surface area contributed by atoms with Gasteiger partial charge in [0.1, 0.15) is 0 Å². The first kappa shape index (κ1) is 31.6. The molecule has 10 rings (SSSR count). The van der Waals surface area contributed by atoms with Crippen molar-refractivity contribution in [1.29, 1.82) is 0 Å². The maximum absolute atomic E-state index is 2.37. The minimum atomic E-state index is 1.10. The predicted molar refractivity (Wildman–Crippen MR) is 229 cm³/mol. The summed E-state index contributed by atoms with van der Waals surface area (Å²) in [6.07, 6.45) is 2.29. The Morgan fingerprint density at radius 1 is 0.315 bits per heavy atom. The van der Waals surface area contributed by atoms with Crippen LogP contribution in [0, 0.1) is 0 Å². The molecule has 0 aliphatic carbocycles. The number of benzene rings is 8. The highest BCUT2D eigenvalue weighted by molar-refractivity contribution is 6.14. The van der Waals surface area contributed by atoms with E-state index < -0.39 is 0 Å². The van der Waals surface area contributed by atoms with E-state index in [9.17, 15) is 0 Å². The van der Waals surface area contributed by atoms with Crippen LogP contribution in [0.25, 0.3) is 71.7 Å². The van der Waals surface area contributed by atoms with Crippen molar-refractivity contribution in [3.8, 4) is 44.5 Å². The van der Waals surface area contributed by atoms with Crippen molar-refractivity contribution in [2.24, 2.45) is 0 Å². The predicted octanol–water partition coefficient (Wildman–Crippen LogP) is 14.4. The van der Waals surface area contributed by atoms with Gasteiger partial charge in [-0.15, -0.1) is 0 Å². The number of nitrogens with zero attached hydrogens (tertiary/aromatic N) is 2. The highest BCUT2D eigenvalue weighted by atomic mass is 15.1. The Balaban J connectivity index is 1.10. The van der Waals surface area contributed by atoms with Gasteiger partial charge in [-0.1, -0.05) is 164 Å². The number of aromatic nitrogens is 1. The molecule has 0 saturated heterocycles. The van der Waals surface area contributed by atoms with E-state index in [1.54, 1.807) is 0 Å². The number of pyridine rings is 1. The smallest absolute Gasteiger partial charge is 0.0547 e.